The first-order valence-electron chi connectivity index (χ1n) is 9.45. The number of amides is 1. The molecule has 3 aromatic rings. The molecule has 1 heterocycles. The van der Waals surface area contributed by atoms with Crippen molar-refractivity contribution in [2.45, 2.75) is 13.1 Å². The molecular formula is C21H22Cl2N6O2. The SMILES string of the molecule is CN(C)Cc1nnc(CNC(=O)CN)n1-c1ccc(Cl)cc1C(=O)c1ccccc1Cl. The number of nitrogens with two attached hydrogens (primary N) is 1. The summed E-state index contributed by atoms with van der Waals surface area (Å²) in [4.78, 5) is 27.0. The number of rotatable bonds is 8. The molecule has 1 aromatic heterocycles. The van der Waals surface area contributed by atoms with Gasteiger partial charge in [-0.15, -0.1) is 10.2 Å². The summed E-state index contributed by atoms with van der Waals surface area (Å²) >= 11 is 12.5. The largest absolute Gasteiger partial charge is 0.348 e. The summed E-state index contributed by atoms with van der Waals surface area (Å²) in [5.74, 6) is 0.434. The molecule has 0 unspecified atom stereocenters. The highest BCUT2D eigenvalue weighted by atomic mass is 35.5. The summed E-state index contributed by atoms with van der Waals surface area (Å²) in [5.41, 5.74) is 6.61. The van der Waals surface area contributed by atoms with E-state index in [9.17, 15) is 9.59 Å². The smallest absolute Gasteiger partial charge is 0.234 e. The topological polar surface area (TPSA) is 106 Å². The summed E-state index contributed by atoms with van der Waals surface area (Å²) in [6.45, 7) is 0.412. The molecule has 0 spiro atoms. The van der Waals surface area contributed by atoms with Gasteiger partial charge in [0, 0.05) is 16.1 Å². The van der Waals surface area contributed by atoms with Crippen molar-refractivity contribution in [2.75, 3.05) is 20.6 Å². The number of hydrogen-bond acceptors (Lipinski definition) is 6. The minimum atomic E-state index is -0.327. The Morgan fingerprint density at radius 1 is 1.06 bits per heavy atom. The van der Waals surface area contributed by atoms with E-state index in [0.717, 1.165) is 0 Å². The molecule has 0 aliphatic rings. The lowest BCUT2D eigenvalue weighted by atomic mass is 10.0. The molecule has 0 fully saturated rings. The molecule has 0 aliphatic heterocycles. The minimum Gasteiger partial charge on any atom is -0.348 e. The van der Waals surface area contributed by atoms with Crippen molar-refractivity contribution < 1.29 is 9.59 Å². The average molecular weight is 461 g/mol. The van der Waals surface area contributed by atoms with Gasteiger partial charge < -0.3 is 16.0 Å². The van der Waals surface area contributed by atoms with Gasteiger partial charge in [0.1, 0.15) is 0 Å². The van der Waals surface area contributed by atoms with Crippen LogP contribution in [0.25, 0.3) is 5.69 Å². The molecule has 1 amide bonds. The van der Waals surface area contributed by atoms with Crippen molar-refractivity contribution in [1.82, 2.24) is 25.0 Å². The van der Waals surface area contributed by atoms with Crippen LogP contribution in [0.4, 0.5) is 0 Å². The van der Waals surface area contributed by atoms with Crippen LogP contribution in [0.2, 0.25) is 10.0 Å². The van der Waals surface area contributed by atoms with Gasteiger partial charge in [-0.25, -0.2) is 0 Å². The van der Waals surface area contributed by atoms with Crippen LogP contribution in [-0.2, 0) is 17.9 Å². The molecule has 2 aromatic carbocycles. The van der Waals surface area contributed by atoms with Gasteiger partial charge >= 0.3 is 0 Å². The summed E-state index contributed by atoms with van der Waals surface area (Å²) in [7, 11) is 3.79. The number of benzene rings is 2. The van der Waals surface area contributed by atoms with E-state index in [0.29, 0.717) is 45.1 Å². The number of halogens is 2. The molecule has 8 nitrogen and oxygen atoms in total. The Hall–Kier alpha value is -2.78. The quantitative estimate of drug-likeness (QED) is 0.500. The van der Waals surface area contributed by atoms with Gasteiger partial charge in [0.2, 0.25) is 5.91 Å². The van der Waals surface area contributed by atoms with Crippen molar-refractivity contribution in [3.63, 3.8) is 0 Å². The summed E-state index contributed by atoms with van der Waals surface area (Å²) < 4.78 is 1.75. The second kappa shape index (κ2) is 10.0. The van der Waals surface area contributed by atoms with E-state index in [-0.39, 0.29) is 24.8 Å². The lowest BCUT2D eigenvalue weighted by molar-refractivity contribution is -0.119. The van der Waals surface area contributed by atoms with Crippen molar-refractivity contribution in [3.8, 4) is 5.69 Å². The molecule has 0 atom stereocenters. The summed E-state index contributed by atoms with van der Waals surface area (Å²) in [6, 6.07) is 11.8. The maximum absolute atomic E-state index is 13.4. The van der Waals surface area contributed by atoms with Gasteiger partial charge in [0.15, 0.2) is 17.4 Å². The highest BCUT2D eigenvalue weighted by Gasteiger charge is 2.22. The normalized spacial score (nSPS) is 11.0. The Labute approximate surface area is 190 Å². The van der Waals surface area contributed by atoms with Gasteiger partial charge in [-0.3, -0.25) is 14.2 Å². The lowest BCUT2D eigenvalue weighted by Crippen LogP contribution is -2.31. The van der Waals surface area contributed by atoms with E-state index >= 15 is 0 Å². The minimum absolute atomic E-state index is 0.0960. The van der Waals surface area contributed by atoms with E-state index in [1.807, 2.05) is 19.0 Å². The molecule has 0 saturated heterocycles. The third-order valence-electron chi connectivity index (χ3n) is 4.45. The first-order valence-corrected chi connectivity index (χ1v) is 10.2. The zero-order chi connectivity index (χ0) is 22.5. The predicted molar refractivity (Wildman–Crippen MR) is 120 cm³/mol. The maximum Gasteiger partial charge on any atom is 0.234 e. The summed E-state index contributed by atoms with van der Waals surface area (Å²) in [6.07, 6.45) is 0. The highest BCUT2D eigenvalue weighted by Crippen LogP contribution is 2.27. The van der Waals surface area contributed by atoms with E-state index in [2.05, 4.69) is 15.5 Å². The van der Waals surface area contributed by atoms with E-state index < -0.39 is 0 Å². The van der Waals surface area contributed by atoms with Gasteiger partial charge in [-0.1, -0.05) is 35.3 Å². The molecule has 10 heteroatoms. The third-order valence-corrected chi connectivity index (χ3v) is 5.01. The Kier molecular flexibility index (Phi) is 7.40. The van der Waals surface area contributed by atoms with E-state index in [1.54, 1.807) is 47.0 Å². The molecular weight excluding hydrogens is 439 g/mol. The Bertz CT molecular complexity index is 1110. The number of nitrogens with one attached hydrogen (secondary N) is 1. The number of aromatic nitrogens is 3. The second-order valence-electron chi connectivity index (χ2n) is 7.06. The molecule has 162 valence electrons. The molecule has 0 aliphatic carbocycles. The average Bonchev–Trinajstić information content (AvgIpc) is 3.13. The van der Waals surface area contributed by atoms with Crippen LogP contribution in [0.3, 0.4) is 0 Å². The van der Waals surface area contributed by atoms with Gasteiger partial charge in [-0.05, 0) is 44.4 Å². The zero-order valence-electron chi connectivity index (χ0n) is 17.1. The second-order valence-corrected chi connectivity index (χ2v) is 7.90. The zero-order valence-corrected chi connectivity index (χ0v) is 18.6. The van der Waals surface area contributed by atoms with Crippen LogP contribution in [0, 0.1) is 0 Å². The predicted octanol–water partition coefficient (Wildman–Crippen LogP) is 2.44. The Morgan fingerprint density at radius 2 is 1.77 bits per heavy atom. The third kappa shape index (κ3) is 5.29. The molecule has 0 saturated carbocycles. The molecule has 0 radical (unpaired) electrons. The Morgan fingerprint density at radius 3 is 2.45 bits per heavy atom. The number of hydrogen-bond donors (Lipinski definition) is 2. The molecule has 0 bridgehead atoms. The van der Waals surface area contributed by atoms with Gasteiger partial charge in [0.25, 0.3) is 0 Å². The Balaban J connectivity index is 2.15. The van der Waals surface area contributed by atoms with Crippen molar-refractivity contribution in [3.05, 3.63) is 75.3 Å². The van der Waals surface area contributed by atoms with Gasteiger partial charge in [0.05, 0.1) is 30.3 Å². The fourth-order valence-corrected chi connectivity index (χ4v) is 3.45. The van der Waals surface area contributed by atoms with Crippen LogP contribution in [0.15, 0.2) is 42.5 Å². The van der Waals surface area contributed by atoms with Crippen LogP contribution in [0.1, 0.15) is 27.6 Å². The molecule has 3 N–H and O–H groups in total. The van der Waals surface area contributed by atoms with Crippen LogP contribution in [0.5, 0.6) is 0 Å². The van der Waals surface area contributed by atoms with Crippen LogP contribution >= 0.6 is 23.2 Å². The standard InChI is InChI=1S/C21H22Cl2N6O2/c1-28(2)12-19-27-26-18(11-25-20(30)10-24)29(19)17-8-7-13(22)9-15(17)21(31)14-5-3-4-6-16(14)23/h3-9H,10-12,24H2,1-2H3,(H,25,30). The monoisotopic (exact) mass is 460 g/mol. The lowest BCUT2D eigenvalue weighted by Gasteiger charge is -2.17. The molecule has 31 heavy (non-hydrogen) atoms. The van der Waals surface area contributed by atoms with Gasteiger partial charge in [-0.2, -0.15) is 0 Å². The maximum atomic E-state index is 13.4. The number of carbonyl (C=O) groups excluding carboxylic acids is 2. The summed E-state index contributed by atoms with van der Waals surface area (Å²) in [5, 5.41) is 11.9. The first-order chi connectivity index (χ1) is 14.8. The van der Waals surface area contributed by atoms with E-state index in [4.69, 9.17) is 28.9 Å². The van der Waals surface area contributed by atoms with Crippen LogP contribution in [-0.4, -0.2) is 52.0 Å². The number of ketones is 1. The van der Waals surface area contributed by atoms with Crippen molar-refractivity contribution in [2.24, 2.45) is 5.73 Å². The van der Waals surface area contributed by atoms with E-state index in [1.165, 1.54) is 0 Å². The van der Waals surface area contributed by atoms with Crippen molar-refractivity contribution in [1.29, 1.82) is 0 Å². The van der Waals surface area contributed by atoms with Crippen LogP contribution < -0.4 is 11.1 Å². The van der Waals surface area contributed by atoms with Crippen molar-refractivity contribution >= 4 is 34.9 Å². The highest BCUT2D eigenvalue weighted by molar-refractivity contribution is 6.35. The number of nitrogens with zero attached hydrogens (tertiary/aromatic N) is 4. The molecule has 3 rings (SSSR count). The fourth-order valence-electron chi connectivity index (χ4n) is 3.06. The number of carbonyl (C=O) groups is 2. The first kappa shape index (κ1) is 22.9. The fraction of sp³-hybridized carbons (Fsp3) is 0.238.